The number of aromatic nitrogens is 1. The van der Waals surface area contributed by atoms with E-state index in [0.29, 0.717) is 0 Å². The number of rotatable bonds is 3. The number of halogens is 1. The van der Waals surface area contributed by atoms with Crippen molar-refractivity contribution in [1.29, 1.82) is 0 Å². The lowest BCUT2D eigenvalue weighted by molar-refractivity contribution is 0.00437. The third-order valence-corrected chi connectivity index (χ3v) is 4.47. The highest BCUT2D eigenvalue weighted by molar-refractivity contribution is 7.89. The third kappa shape index (κ3) is 2.51. The minimum atomic E-state index is -3.92. The van der Waals surface area contributed by atoms with Crippen LogP contribution in [0.1, 0.15) is 0 Å². The summed E-state index contributed by atoms with van der Waals surface area (Å²) in [7, 11) is -3.92. The number of nitrogens with two attached hydrogens (primary N) is 1. The predicted octanol–water partition coefficient (Wildman–Crippen LogP) is -0.431. The van der Waals surface area contributed by atoms with E-state index in [4.69, 9.17) is 10.5 Å². The number of pyridine rings is 1. The van der Waals surface area contributed by atoms with Crippen LogP contribution in [-0.2, 0) is 14.8 Å². The highest BCUT2D eigenvalue weighted by Gasteiger charge is 2.33. The molecule has 0 radical (unpaired) electrons. The SMILES string of the molecule is NCC1CN(S(=O)(=O)c2ncccc2F)CCO1. The van der Waals surface area contributed by atoms with E-state index in [9.17, 15) is 12.8 Å². The largest absolute Gasteiger partial charge is 0.374 e. The number of hydrogen-bond acceptors (Lipinski definition) is 5. The van der Waals surface area contributed by atoms with Crippen molar-refractivity contribution >= 4 is 10.0 Å². The van der Waals surface area contributed by atoms with Crippen LogP contribution in [0, 0.1) is 5.82 Å². The highest BCUT2D eigenvalue weighted by atomic mass is 32.2. The van der Waals surface area contributed by atoms with Crippen molar-refractivity contribution in [2.45, 2.75) is 11.1 Å². The summed E-state index contributed by atoms with van der Waals surface area (Å²) in [6, 6.07) is 2.41. The van der Waals surface area contributed by atoms with E-state index in [1.54, 1.807) is 0 Å². The van der Waals surface area contributed by atoms with Gasteiger partial charge in [-0.2, -0.15) is 4.31 Å². The maximum atomic E-state index is 13.5. The lowest BCUT2D eigenvalue weighted by atomic mass is 10.3. The first-order valence-corrected chi connectivity index (χ1v) is 6.92. The number of nitrogens with zero attached hydrogens (tertiary/aromatic N) is 2. The first-order chi connectivity index (χ1) is 8.55. The van der Waals surface area contributed by atoms with Gasteiger partial charge in [0.1, 0.15) is 0 Å². The molecule has 1 saturated heterocycles. The second-order valence-corrected chi connectivity index (χ2v) is 5.74. The van der Waals surface area contributed by atoms with Gasteiger partial charge in [-0.15, -0.1) is 0 Å². The Morgan fingerprint density at radius 1 is 1.61 bits per heavy atom. The Morgan fingerprint density at radius 2 is 2.39 bits per heavy atom. The summed E-state index contributed by atoms with van der Waals surface area (Å²) < 4.78 is 44.3. The molecule has 2 N–H and O–H groups in total. The summed E-state index contributed by atoms with van der Waals surface area (Å²) in [5.74, 6) is -0.853. The molecule has 1 aromatic rings. The van der Waals surface area contributed by atoms with Crippen molar-refractivity contribution in [2.24, 2.45) is 5.73 Å². The van der Waals surface area contributed by atoms with Gasteiger partial charge >= 0.3 is 0 Å². The topological polar surface area (TPSA) is 85.5 Å². The lowest BCUT2D eigenvalue weighted by Crippen LogP contribution is -2.48. The molecule has 1 unspecified atom stereocenters. The average molecular weight is 275 g/mol. The molecule has 2 rings (SSSR count). The second-order valence-electron chi connectivity index (χ2n) is 3.88. The molecule has 1 aliphatic rings. The Bertz CT molecular complexity index is 523. The fraction of sp³-hybridized carbons (Fsp3) is 0.500. The van der Waals surface area contributed by atoms with Crippen LogP contribution in [0.4, 0.5) is 4.39 Å². The van der Waals surface area contributed by atoms with E-state index < -0.39 is 20.9 Å². The van der Waals surface area contributed by atoms with Crippen molar-refractivity contribution in [1.82, 2.24) is 9.29 Å². The molecule has 0 amide bonds. The van der Waals surface area contributed by atoms with Crippen molar-refractivity contribution in [2.75, 3.05) is 26.2 Å². The molecule has 2 heterocycles. The maximum absolute atomic E-state index is 13.5. The molecule has 1 aromatic heterocycles. The van der Waals surface area contributed by atoms with Gasteiger partial charge in [-0.1, -0.05) is 0 Å². The number of ether oxygens (including phenoxy) is 1. The van der Waals surface area contributed by atoms with Gasteiger partial charge in [0.2, 0.25) is 5.03 Å². The zero-order valence-electron chi connectivity index (χ0n) is 9.62. The third-order valence-electron chi connectivity index (χ3n) is 2.67. The van der Waals surface area contributed by atoms with Gasteiger partial charge in [-0.3, -0.25) is 0 Å². The van der Waals surface area contributed by atoms with Gasteiger partial charge < -0.3 is 10.5 Å². The highest BCUT2D eigenvalue weighted by Crippen LogP contribution is 2.18. The molecule has 1 aliphatic heterocycles. The summed E-state index contributed by atoms with van der Waals surface area (Å²) >= 11 is 0. The van der Waals surface area contributed by atoms with Crippen LogP contribution < -0.4 is 5.73 Å². The van der Waals surface area contributed by atoms with Crippen molar-refractivity contribution in [3.63, 3.8) is 0 Å². The fourth-order valence-electron chi connectivity index (χ4n) is 1.74. The Labute approximate surface area is 105 Å². The molecular weight excluding hydrogens is 261 g/mol. The Balaban J connectivity index is 2.29. The monoisotopic (exact) mass is 275 g/mol. The smallest absolute Gasteiger partial charge is 0.263 e. The van der Waals surface area contributed by atoms with Gasteiger partial charge in [-0.25, -0.2) is 17.8 Å². The maximum Gasteiger partial charge on any atom is 0.263 e. The van der Waals surface area contributed by atoms with E-state index in [-0.39, 0.29) is 32.3 Å². The zero-order chi connectivity index (χ0) is 13.2. The second kappa shape index (κ2) is 5.27. The molecule has 0 aromatic carbocycles. The molecule has 0 spiro atoms. The zero-order valence-corrected chi connectivity index (χ0v) is 10.4. The van der Waals surface area contributed by atoms with Crippen LogP contribution >= 0.6 is 0 Å². The number of sulfonamides is 1. The molecule has 1 atom stereocenters. The van der Waals surface area contributed by atoms with Gasteiger partial charge in [0.05, 0.1) is 12.7 Å². The minimum Gasteiger partial charge on any atom is -0.374 e. The molecule has 100 valence electrons. The molecule has 0 bridgehead atoms. The van der Waals surface area contributed by atoms with Crippen molar-refractivity contribution < 1.29 is 17.5 Å². The van der Waals surface area contributed by atoms with E-state index in [0.717, 1.165) is 10.4 Å². The van der Waals surface area contributed by atoms with Crippen LogP contribution in [0.15, 0.2) is 23.4 Å². The predicted molar refractivity (Wildman–Crippen MR) is 61.7 cm³/mol. The number of hydrogen-bond donors (Lipinski definition) is 1. The molecule has 1 fully saturated rings. The van der Waals surface area contributed by atoms with Gasteiger partial charge in [-0.05, 0) is 12.1 Å². The van der Waals surface area contributed by atoms with Gasteiger partial charge in [0.25, 0.3) is 10.0 Å². The van der Waals surface area contributed by atoms with Crippen molar-refractivity contribution in [3.05, 3.63) is 24.1 Å². The summed E-state index contributed by atoms with van der Waals surface area (Å²) in [5.41, 5.74) is 5.44. The van der Waals surface area contributed by atoms with Gasteiger partial charge in [0, 0.05) is 25.8 Å². The quantitative estimate of drug-likeness (QED) is 0.809. The van der Waals surface area contributed by atoms with Crippen LogP contribution in [0.25, 0.3) is 0 Å². The Kier molecular flexibility index (Phi) is 3.91. The summed E-state index contributed by atoms with van der Waals surface area (Å²) in [4.78, 5) is 3.60. The van der Waals surface area contributed by atoms with Crippen LogP contribution in [0.2, 0.25) is 0 Å². The number of morpholine rings is 1. The van der Waals surface area contributed by atoms with E-state index in [1.807, 2.05) is 0 Å². The Morgan fingerprint density at radius 3 is 3.06 bits per heavy atom. The fourth-order valence-corrected chi connectivity index (χ4v) is 3.17. The molecule has 0 saturated carbocycles. The summed E-state index contributed by atoms with van der Waals surface area (Å²) in [6.45, 7) is 0.760. The van der Waals surface area contributed by atoms with E-state index in [1.165, 1.54) is 12.3 Å². The van der Waals surface area contributed by atoms with Crippen LogP contribution in [-0.4, -0.2) is 50.1 Å². The summed E-state index contributed by atoms with van der Waals surface area (Å²) in [5, 5.41) is -0.553. The standard InChI is InChI=1S/C10H14FN3O3S/c11-9-2-1-3-13-10(9)18(15,16)14-4-5-17-8(6-12)7-14/h1-3,8H,4-7,12H2. The van der Waals surface area contributed by atoms with Crippen LogP contribution in [0.3, 0.4) is 0 Å². The Hall–Kier alpha value is -1.09. The van der Waals surface area contributed by atoms with E-state index >= 15 is 0 Å². The van der Waals surface area contributed by atoms with Crippen LogP contribution in [0.5, 0.6) is 0 Å². The minimum absolute atomic E-state index is 0.120. The first kappa shape index (κ1) is 13.3. The molecular formula is C10H14FN3O3S. The molecule has 18 heavy (non-hydrogen) atoms. The molecule has 6 nitrogen and oxygen atoms in total. The first-order valence-electron chi connectivity index (χ1n) is 5.48. The normalized spacial score (nSPS) is 22.0. The van der Waals surface area contributed by atoms with Gasteiger partial charge in [0.15, 0.2) is 5.82 Å². The lowest BCUT2D eigenvalue weighted by Gasteiger charge is -2.31. The average Bonchev–Trinajstić information content (AvgIpc) is 2.39. The van der Waals surface area contributed by atoms with Crippen molar-refractivity contribution in [3.8, 4) is 0 Å². The summed E-state index contributed by atoms with van der Waals surface area (Å²) in [6.07, 6.45) is 0.886. The van der Waals surface area contributed by atoms with E-state index in [2.05, 4.69) is 4.98 Å². The molecule has 0 aliphatic carbocycles. The molecule has 8 heteroatoms.